The average Bonchev–Trinajstić information content (AvgIpc) is 2.70. The van der Waals surface area contributed by atoms with E-state index in [-0.39, 0.29) is 6.04 Å². The second kappa shape index (κ2) is 5.79. The third kappa shape index (κ3) is 2.65. The molecule has 1 atom stereocenters. The number of aromatic nitrogens is 3. The van der Waals surface area contributed by atoms with Gasteiger partial charge in [0.15, 0.2) is 5.65 Å². The summed E-state index contributed by atoms with van der Waals surface area (Å²) in [5, 5.41) is 3.46. The Morgan fingerprint density at radius 1 is 1.43 bits per heavy atom. The molecule has 1 unspecified atom stereocenters. The molecule has 4 nitrogen and oxygen atoms in total. The maximum atomic E-state index is 4.72. The molecular formula is C17H18N4. The lowest BCUT2D eigenvalue weighted by Gasteiger charge is -2.12. The van der Waals surface area contributed by atoms with Gasteiger partial charge in [-0.3, -0.25) is 9.38 Å². The highest BCUT2D eigenvalue weighted by atomic mass is 15.1. The summed E-state index contributed by atoms with van der Waals surface area (Å²) in [6.45, 7) is 5.90. The van der Waals surface area contributed by atoms with Crippen molar-refractivity contribution >= 4 is 17.0 Å². The highest BCUT2D eigenvalue weighted by Crippen LogP contribution is 2.27. The predicted octanol–water partition coefficient (Wildman–Crippen LogP) is 3.62. The van der Waals surface area contributed by atoms with E-state index in [4.69, 9.17) is 4.98 Å². The van der Waals surface area contributed by atoms with Gasteiger partial charge in [0.25, 0.3) is 0 Å². The maximum absolute atomic E-state index is 4.72. The molecule has 2 aromatic heterocycles. The van der Waals surface area contributed by atoms with Gasteiger partial charge in [0.05, 0.1) is 6.20 Å². The first-order valence-corrected chi connectivity index (χ1v) is 7.04. The zero-order valence-electron chi connectivity index (χ0n) is 12.0. The minimum absolute atomic E-state index is 0.155. The van der Waals surface area contributed by atoms with Crippen molar-refractivity contribution in [2.45, 2.75) is 19.4 Å². The van der Waals surface area contributed by atoms with Crippen LogP contribution in [-0.4, -0.2) is 20.4 Å². The zero-order valence-corrected chi connectivity index (χ0v) is 12.0. The number of rotatable bonds is 4. The molecule has 0 saturated heterocycles. The van der Waals surface area contributed by atoms with E-state index in [0.29, 0.717) is 0 Å². The number of anilines is 1. The summed E-state index contributed by atoms with van der Waals surface area (Å²) < 4.78 is 2.02. The van der Waals surface area contributed by atoms with Crippen LogP contribution in [0.1, 0.15) is 19.0 Å². The Hall–Kier alpha value is -2.62. The molecule has 2 aromatic rings. The molecule has 0 bridgehead atoms. The first-order valence-electron chi connectivity index (χ1n) is 7.04. The van der Waals surface area contributed by atoms with Crippen LogP contribution in [0, 0.1) is 0 Å². The molecule has 2 heterocycles. The van der Waals surface area contributed by atoms with E-state index in [1.807, 2.05) is 16.7 Å². The highest BCUT2D eigenvalue weighted by Gasteiger charge is 2.15. The normalized spacial score (nSPS) is 15.6. The third-order valence-corrected chi connectivity index (χ3v) is 3.40. The zero-order chi connectivity index (χ0) is 14.7. The number of hydrogen-bond acceptors (Lipinski definition) is 3. The number of nitrogens with one attached hydrogen (secondary N) is 1. The second-order valence-corrected chi connectivity index (χ2v) is 4.97. The van der Waals surface area contributed by atoms with E-state index >= 15 is 0 Å². The molecule has 0 spiro atoms. The van der Waals surface area contributed by atoms with Crippen LogP contribution >= 0.6 is 0 Å². The van der Waals surface area contributed by atoms with Crippen LogP contribution in [0.15, 0.2) is 61.6 Å². The van der Waals surface area contributed by atoms with Crippen molar-refractivity contribution in [1.29, 1.82) is 0 Å². The van der Waals surface area contributed by atoms with Crippen molar-refractivity contribution in [3.05, 3.63) is 67.3 Å². The molecule has 0 fully saturated rings. The van der Waals surface area contributed by atoms with Crippen LogP contribution in [0.5, 0.6) is 0 Å². The summed E-state index contributed by atoms with van der Waals surface area (Å²) in [5.74, 6) is 0.964. The van der Waals surface area contributed by atoms with Gasteiger partial charge in [0.2, 0.25) is 0 Å². The molecule has 1 aliphatic carbocycles. The van der Waals surface area contributed by atoms with Gasteiger partial charge >= 0.3 is 0 Å². The summed E-state index contributed by atoms with van der Waals surface area (Å²) >= 11 is 0. The van der Waals surface area contributed by atoms with E-state index in [9.17, 15) is 0 Å². The number of imidazole rings is 1. The van der Waals surface area contributed by atoms with Crippen molar-refractivity contribution in [3.8, 4) is 0 Å². The molecule has 0 aliphatic heterocycles. The SMILES string of the molecule is C=CC(C)Nc1c(C2=CC=CCC=C2)nc2cnccn12. The third-order valence-electron chi connectivity index (χ3n) is 3.40. The van der Waals surface area contributed by atoms with Gasteiger partial charge in [-0.15, -0.1) is 6.58 Å². The minimum atomic E-state index is 0.155. The van der Waals surface area contributed by atoms with E-state index in [1.54, 1.807) is 12.4 Å². The van der Waals surface area contributed by atoms with Crippen LogP contribution in [-0.2, 0) is 0 Å². The summed E-state index contributed by atoms with van der Waals surface area (Å²) in [6.07, 6.45) is 18.8. The Balaban J connectivity index is 2.16. The molecule has 0 amide bonds. The quantitative estimate of drug-likeness (QED) is 0.869. The van der Waals surface area contributed by atoms with Crippen LogP contribution in [0.2, 0.25) is 0 Å². The molecule has 0 radical (unpaired) electrons. The smallest absolute Gasteiger partial charge is 0.157 e. The summed E-state index contributed by atoms with van der Waals surface area (Å²) in [4.78, 5) is 8.86. The van der Waals surface area contributed by atoms with Crippen molar-refractivity contribution in [2.75, 3.05) is 5.32 Å². The Morgan fingerprint density at radius 3 is 3.19 bits per heavy atom. The van der Waals surface area contributed by atoms with Gasteiger partial charge in [-0.1, -0.05) is 36.5 Å². The monoisotopic (exact) mass is 278 g/mol. The molecule has 106 valence electrons. The minimum Gasteiger partial charge on any atom is -0.363 e. The fraction of sp³-hybridized carbons (Fsp3) is 0.176. The second-order valence-electron chi connectivity index (χ2n) is 4.97. The van der Waals surface area contributed by atoms with E-state index in [0.717, 1.165) is 29.2 Å². The molecule has 1 N–H and O–H groups in total. The number of fused-ring (bicyclic) bond motifs is 1. The van der Waals surface area contributed by atoms with Crippen LogP contribution in [0.4, 0.5) is 5.82 Å². The van der Waals surface area contributed by atoms with Gasteiger partial charge in [-0.25, -0.2) is 4.98 Å². The number of hydrogen-bond donors (Lipinski definition) is 1. The highest BCUT2D eigenvalue weighted by molar-refractivity contribution is 5.82. The Labute approximate surface area is 124 Å². The molecule has 4 heteroatoms. The van der Waals surface area contributed by atoms with Crippen molar-refractivity contribution in [3.63, 3.8) is 0 Å². The van der Waals surface area contributed by atoms with E-state index < -0.39 is 0 Å². The summed E-state index contributed by atoms with van der Waals surface area (Å²) in [7, 11) is 0. The van der Waals surface area contributed by atoms with Gasteiger partial charge in [0, 0.05) is 24.0 Å². The maximum Gasteiger partial charge on any atom is 0.157 e. The van der Waals surface area contributed by atoms with Gasteiger partial charge in [-0.05, 0) is 13.3 Å². The average molecular weight is 278 g/mol. The Morgan fingerprint density at radius 2 is 2.33 bits per heavy atom. The fourth-order valence-electron chi connectivity index (χ4n) is 2.26. The predicted molar refractivity (Wildman–Crippen MR) is 87.1 cm³/mol. The lowest BCUT2D eigenvalue weighted by molar-refractivity contribution is 0.970. The van der Waals surface area contributed by atoms with E-state index in [1.165, 1.54) is 0 Å². The fourth-order valence-corrected chi connectivity index (χ4v) is 2.26. The van der Waals surface area contributed by atoms with Crippen molar-refractivity contribution in [2.24, 2.45) is 0 Å². The summed E-state index contributed by atoms with van der Waals surface area (Å²) in [5.41, 5.74) is 2.85. The summed E-state index contributed by atoms with van der Waals surface area (Å²) in [6, 6.07) is 0.155. The van der Waals surface area contributed by atoms with Gasteiger partial charge in [-0.2, -0.15) is 0 Å². The lowest BCUT2D eigenvalue weighted by atomic mass is 10.1. The van der Waals surface area contributed by atoms with Crippen LogP contribution in [0.25, 0.3) is 11.2 Å². The van der Waals surface area contributed by atoms with Gasteiger partial charge in [0.1, 0.15) is 11.5 Å². The molecule has 1 aliphatic rings. The first kappa shape index (κ1) is 13.4. The molecule has 21 heavy (non-hydrogen) atoms. The standard InChI is InChI=1S/C17H18N4/c1-3-13(2)19-17-16(14-8-6-4-5-7-9-14)20-15-12-18-10-11-21(15)17/h3-4,6-13,19H,1,5H2,2H3. The number of allylic oxidation sites excluding steroid dienone is 6. The Kier molecular flexibility index (Phi) is 3.69. The van der Waals surface area contributed by atoms with Crippen LogP contribution < -0.4 is 5.32 Å². The van der Waals surface area contributed by atoms with Crippen molar-refractivity contribution < 1.29 is 0 Å². The van der Waals surface area contributed by atoms with E-state index in [2.05, 4.69) is 54.2 Å². The number of nitrogens with zero attached hydrogens (tertiary/aromatic N) is 3. The van der Waals surface area contributed by atoms with Crippen LogP contribution in [0.3, 0.4) is 0 Å². The molecule has 0 saturated carbocycles. The first-order chi connectivity index (χ1) is 10.3. The molecule has 0 aromatic carbocycles. The van der Waals surface area contributed by atoms with Gasteiger partial charge < -0.3 is 5.32 Å². The Bertz CT molecular complexity index is 749. The topological polar surface area (TPSA) is 42.2 Å². The lowest BCUT2D eigenvalue weighted by Crippen LogP contribution is -2.14. The molecular weight excluding hydrogens is 260 g/mol. The van der Waals surface area contributed by atoms with Crippen molar-refractivity contribution in [1.82, 2.24) is 14.4 Å². The molecule has 3 rings (SSSR count). The largest absolute Gasteiger partial charge is 0.363 e.